The summed E-state index contributed by atoms with van der Waals surface area (Å²) in [7, 11) is 0. The van der Waals surface area contributed by atoms with Gasteiger partial charge in [-0.15, -0.1) is 40.0 Å². The molecule has 2 aliphatic heterocycles. The van der Waals surface area contributed by atoms with E-state index in [-0.39, 0.29) is 46.2 Å². The van der Waals surface area contributed by atoms with E-state index in [0.29, 0.717) is 22.1 Å². The Morgan fingerprint density at radius 3 is 2.63 bits per heavy atom. The number of hydrogen-bond acceptors (Lipinski definition) is 16. The lowest BCUT2D eigenvalue weighted by Gasteiger charge is -2.49. The first-order chi connectivity index (χ1) is 21.8. The Labute approximate surface area is 273 Å². The predicted octanol–water partition coefficient (Wildman–Crippen LogP) is -0.708. The highest BCUT2D eigenvalue weighted by Gasteiger charge is 2.54. The highest BCUT2D eigenvalue weighted by Crippen LogP contribution is 2.42. The van der Waals surface area contributed by atoms with Gasteiger partial charge in [0.15, 0.2) is 16.7 Å². The molecule has 3 aromatic rings. The molecule has 46 heavy (non-hydrogen) atoms. The number of nitrogens with zero attached hydrogens (tertiary/aromatic N) is 7. The number of rotatable bonds is 11. The summed E-state index contributed by atoms with van der Waals surface area (Å²) in [6.07, 6.45) is 0. The smallest absolute Gasteiger partial charge is 0.352 e. The van der Waals surface area contributed by atoms with Crippen molar-refractivity contribution in [2.45, 2.75) is 56.3 Å². The van der Waals surface area contributed by atoms with Crippen LogP contribution in [0, 0.1) is 13.8 Å². The number of nitrogen functional groups attached to an aromatic ring is 1. The number of nitrogens with one attached hydrogen (secondary N) is 2. The van der Waals surface area contributed by atoms with Crippen LogP contribution >= 0.6 is 34.9 Å². The zero-order valence-corrected chi connectivity index (χ0v) is 27.2. The van der Waals surface area contributed by atoms with Crippen LogP contribution in [-0.2, 0) is 30.6 Å². The number of aliphatic hydroxyl groups excluding tert-OH is 1. The molecule has 1 saturated heterocycles. The van der Waals surface area contributed by atoms with Crippen LogP contribution in [0.3, 0.4) is 0 Å². The van der Waals surface area contributed by atoms with Gasteiger partial charge in [0.1, 0.15) is 34.4 Å². The van der Waals surface area contributed by atoms with E-state index in [9.17, 15) is 29.4 Å². The minimum atomic E-state index is -1.56. The van der Waals surface area contributed by atoms with Crippen LogP contribution in [0.2, 0.25) is 0 Å². The standard InChI is InChI=1S/C25H29N11O7S3/c1-9-10(2)28-24-30-13(5-37)33-36(24)19(9)44-6-11-7-45-20-15(18(39)35(20)16(11)21(40)41)31-17(38)14(12-8-46-23(26)29-12)34-43-25(3,4)22(42)32-27/h8,15,20,37H,5-7,27H2,1-4H3,(H2,26,29)(H,31,38)(H,32,42)(H,40,41)/t15?,20-/m0/s1. The monoisotopic (exact) mass is 691 g/mol. The van der Waals surface area contributed by atoms with Crippen molar-refractivity contribution in [1.29, 1.82) is 0 Å². The SMILES string of the molecule is Cc1nc2nc(CO)nn2c(SCC2=C(C(=O)O)N3C(=O)C(NC(=O)C(=NOC(C)(C)C(=O)NN)c4csc(N)n4)[C@@H]3SC2)c1C. The van der Waals surface area contributed by atoms with Gasteiger partial charge in [-0.3, -0.25) is 24.7 Å². The van der Waals surface area contributed by atoms with Crippen LogP contribution in [0.4, 0.5) is 5.13 Å². The zero-order chi connectivity index (χ0) is 33.5. The van der Waals surface area contributed by atoms with E-state index >= 15 is 0 Å². The number of aliphatic carboxylic acids is 1. The van der Waals surface area contributed by atoms with E-state index in [1.807, 2.05) is 19.3 Å². The van der Waals surface area contributed by atoms with E-state index in [1.165, 1.54) is 47.3 Å². The molecule has 21 heteroatoms. The lowest BCUT2D eigenvalue weighted by atomic mass is 10.0. The topological polar surface area (TPSA) is 266 Å². The second-order valence-electron chi connectivity index (χ2n) is 10.5. The van der Waals surface area contributed by atoms with Crippen molar-refractivity contribution in [2.75, 3.05) is 17.2 Å². The van der Waals surface area contributed by atoms with Gasteiger partial charge < -0.3 is 26.1 Å². The van der Waals surface area contributed by atoms with Gasteiger partial charge in [-0.2, -0.15) is 9.50 Å². The van der Waals surface area contributed by atoms with E-state index in [4.69, 9.17) is 16.4 Å². The van der Waals surface area contributed by atoms with Gasteiger partial charge in [0, 0.05) is 28.1 Å². The summed E-state index contributed by atoms with van der Waals surface area (Å²) in [5.74, 6) is 2.68. The van der Waals surface area contributed by atoms with Gasteiger partial charge >= 0.3 is 5.97 Å². The summed E-state index contributed by atoms with van der Waals surface area (Å²) in [6.45, 7) is 6.05. The highest BCUT2D eigenvalue weighted by molar-refractivity contribution is 8.01. The number of hydrogen-bond donors (Lipinski definition) is 6. The molecular formula is C25H29N11O7S3. The van der Waals surface area contributed by atoms with Gasteiger partial charge in [0.05, 0.1) is 0 Å². The minimum Gasteiger partial charge on any atom is -0.477 e. The van der Waals surface area contributed by atoms with Crippen molar-refractivity contribution in [3.63, 3.8) is 0 Å². The molecule has 2 atom stereocenters. The van der Waals surface area contributed by atoms with Crippen molar-refractivity contribution < 1.29 is 34.2 Å². The molecule has 3 amide bonds. The number of anilines is 1. The third-order valence-electron chi connectivity index (χ3n) is 7.04. The summed E-state index contributed by atoms with van der Waals surface area (Å²) in [6, 6.07) is -1.08. The number of aliphatic hydroxyl groups is 1. The number of β-lactam (4-membered cyclic amide) rings is 1. The van der Waals surface area contributed by atoms with Crippen molar-refractivity contribution in [1.82, 2.24) is 40.2 Å². The normalized spacial score (nSPS) is 18.3. The fourth-order valence-corrected chi connectivity index (χ4v) is 7.65. The van der Waals surface area contributed by atoms with Crippen LogP contribution in [-0.4, -0.2) is 97.6 Å². The number of thiazole rings is 1. The van der Waals surface area contributed by atoms with Gasteiger partial charge in [-0.05, 0) is 33.3 Å². The number of carbonyl (C=O) groups excluding carboxylic acids is 3. The quantitative estimate of drug-likeness (QED) is 0.0276. The van der Waals surface area contributed by atoms with Crippen LogP contribution in [0.15, 0.2) is 26.8 Å². The number of oxime groups is 1. The number of carbonyl (C=O) groups is 4. The summed E-state index contributed by atoms with van der Waals surface area (Å²) in [5.41, 5.74) is 7.66. The Hall–Kier alpha value is -4.31. The average Bonchev–Trinajstić information content (AvgIpc) is 3.64. The van der Waals surface area contributed by atoms with Gasteiger partial charge in [0.2, 0.25) is 5.60 Å². The molecule has 0 spiro atoms. The first kappa shape index (κ1) is 33.1. The number of nitrogens with two attached hydrogens (primary N) is 2. The number of thioether (sulfide) groups is 2. The molecule has 5 heterocycles. The Bertz CT molecular complexity index is 1820. The lowest BCUT2D eigenvalue weighted by molar-refractivity contribution is -0.150. The number of hydrazine groups is 1. The molecule has 8 N–H and O–H groups in total. The van der Waals surface area contributed by atoms with E-state index in [2.05, 4.69) is 30.5 Å². The number of aromatic nitrogens is 5. The van der Waals surface area contributed by atoms with Gasteiger partial charge in [-0.25, -0.2) is 20.6 Å². The zero-order valence-electron chi connectivity index (χ0n) is 24.8. The number of amides is 3. The van der Waals surface area contributed by atoms with Crippen molar-refractivity contribution in [3.05, 3.63) is 39.4 Å². The van der Waals surface area contributed by atoms with Crippen molar-refractivity contribution in [2.24, 2.45) is 11.0 Å². The Morgan fingerprint density at radius 2 is 2.00 bits per heavy atom. The van der Waals surface area contributed by atoms with Crippen molar-refractivity contribution >= 4 is 75.2 Å². The molecule has 0 aliphatic carbocycles. The van der Waals surface area contributed by atoms with Gasteiger partial charge in [0.25, 0.3) is 23.5 Å². The molecule has 1 unspecified atom stereocenters. The largest absolute Gasteiger partial charge is 0.477 e. The maximum Gasteiger partial charge on any atom is 0.352 e. The fraction of sp³-hybridized carbons (Fsp3) is 0.400. The Morgan fingerprint density at radius 1 is 1.26 bits per heavy atom. The Kier molecular flexibility index (Phi) is 9.22. The third kappa shape index (κ3) is 6.10. The molecule has 18 nitrogen and oxygen atoms in total. The second-order valence-corrected chi connectivity index (χ2v) is 13.5. The molecule has 244 valence electrons. The van der Waals surface area contributed by atoms with Gasteiger partial charge in [-0.1, -0.05) is 5.16 Å². The van der Waals surface area contributed by atoms with E-state index in [1.54, 1.807) is 0 Å². The predicted molar refractivity (Wildman–Crippen MR) is 167 cm³/mol. The van der Waals surface area contributed by atoms with Crippen LogP contribution in [0.25, 0.3) is 5.78 Å². The number of carboxylic acids is 1. The third-order valence-corrected chi connectivity index (χ3v) is 10.3. The molecule has 0 saturated carbocycles. The van der Waals surface area contributed by atoms with E-state index < -0.39 is 40.7 Å². The fourth-order valence-electron chi connectivity index (χ4n) is 4.47. The maximum absolute atomic E-state index is 13.4. The number of aryl methyl sites for hydroxylation is 1. The van der Waals surface area contributed by atoms with E-state index in [0.717, 1.165) is 21.8 Å². The molecule has 1 fully saturated rings. The summed E-state index contributed by atoms with van der Waals surface area (Å²) >= 11 is 3.64. The molecule has 0 radical (unpaired) electrons. The van der Waals surface area contributed by atoms with Crippen molar-refractivity contribution in [3.8, 4) is 0 Å². The summed E-state index contributed by atoms with van der Waals surface area (Å²) in [5, 5.41) is 31.9. The molecule has 3 aromatic heterocycles. The molecular weight excluding hydrogens is 663 g/mol. The van der Waals surface area contributed by atoms with Crippen LogP contribution in [0.1, 0.15) is 36.6 Å². The Balaban J connectivity index is 1.36. The number of carboxylic acid groups (broad SMARTS) is 1. The first-order valence-corrected chi connectivity index (χ1v) is 16.3. The molecule has 0 aromatic carbocycles. The summed E-state index contributed by atoms with van der Waals surface area (Å²) in [4.78, 5) is 70.4. The molecule has 2 aliphatic rings. The second kappa shape index (κ2) is 12.8. The summed E-state index contributed by atoms with van der Waals surface area (Å²) < 4.78 is 1.50. The average molecular weight is 692 g/mol. The maximum atomic E-state index is 13.4. The van der Waals surface area contributed by atoms with Crippen LogP contribution < -0.4 is 22.3 Å². The molecule has 0 bridgehead atoms. The van der Waals surface area contributed by atoms with Crippen LogP contribution in [0.5, 0.6) is 0 Å². The highest BCUT2D eigenvalue weighted by atomic mass is 32.2. The number of fused-ring (bicyclic) bond motifs is 2. The molecule has 5 rings (SSSR count). The first-order valence-electron chi connectivity index (χ1n) is 13.4. The minimum absolute atomic E-state index is 0.0450. The lowest BCUT2D eigenvalue weighted by Crippen LogP contribution is -2.71.